The Morgan fingerprint density at radius 1 is 1.12 bits per heavy atom. The van der Waals surface area contributed by atoms with Crippen molar-refractivity contribution in [3.8, 4) is 11.3 Å². The first-order chi connectivity index (χ1) is 12.8. The molecule has 0 bridgehead atoms. The average Bonchev–Trinajstić information content (AvgIpc) is 3.32. The van der Waals surface area contributed by atoms with Crippen molar-refractivity contribution >= 4 is 21.9 Å². The molecule has 4 aromatic rings. The molecule has 1 saturated heterocycles. The molecule has 5 nitrogen and oxygen atoms in total. The first kappa shape index (κ1) is 15.6. The minimum absolute atomic E-state index is 0.671. The number of hydrogen-bond acceptors (Lipinski definition) is 3. The molecule has 0 radical (unpaired) electrons. The Morgan fingerprint density at radius 3 is 2.85 bits per heavy atom. The molecule has 0 atom stereocenters. The third-order valence-corrected chi connectivity index (χ3v) is 5.72. The minimum atomic E-state index is 0.671. The van der Waals surface area contributed by atoms with Crippen LogP contribution in [0.25, 0.3) is 33.2 Å². The highest BCUT2D eigenvalue weighted by atomic mass is 15.1. The van der Waals surface area contributed by atoms with Crippen LogP contribution in [0.5, 0.6) is 0 Å². The number of aromatic nitrogens is 4. The number of aromatic amines is 2. The number of hydrogen-bond donors (Lipinski definition) is 3. The molecule has 1 aliphatic rings. The topological polar surface area (TPSA) is 69.4 Å². The Bertz CT molecular complexity index is 1070. The predicted molar refractivity (Wildman–Crippen MR) is 105 cm³/mol. The summed E-state index contributed by atoms with van der Waals surface area (Å²) < 4.78 is 0. The molecule has 3 aromatic heterocycles. The quantitative estimate of drug-likeness (QED) is 0.523. The lowest BCUT2D eigenvalue weighted by Gasteiger charge is -2.23. The lowest BCUT2D eigenvalue weighted by atomic mass is 9.89. The average molecular weight is 345 g/mol. The number of nitrogens with zero attached hydrogens (tertiary/aromatic N) is 2. The van der Waals surface area contributed by atoms with Gasteiger partial charge in [0.15, 0.2) is 5.65 Å². The van der Waals surface area contributed by atoms with E-state index in [1.54, 1.807) is 0 Å². The van der Waals surface area contributed by atoms with Gasteiger partial charge in [-0.25, -0.2) is 4.98 Å². The molecule has 132 valence electrons. The zero-order valence-electron chi connectivity index (χ0n) is 15.0. The number of nitrogens with one attached hydrogen (secondary N) is 3. The Hall–Kier alpha value is -2.66. The standard InChI is InChI=1S/C21H23N5/c1-2-15-17-11-14(13-5-8-22-9-6-13)3-4-19(17)25-20(15)16-7-10-23-21-18(16)12-24-26-21/h3-4,7,10-13,22,25H,2,5-6,8-9H2,1H3,(H,23,24,26). The Labute approximate surface area is 152 Å². The van der Waals surface area contributed by atoms with E-state index in [1.165, 1.54) is 46.1 Å². The van der Waals surface area contributed by atoms with Crippen LogP contribution >= 0.6 is 0 Å². The Balaban J connectivity index is 1.68. The summed E-state index contributed by atoms with van der Waals surface area (Å²) in [6, 6.07) is 9.05. The second kappa shape index (κ2) is 6.25. The third kappa shape index (κ3) is 2.42. The van der Waals surface area contributed by atoms with E-state index in [4.69, 9.17) is 0 Å². The van der Waals surface area contributed by atoms with Crippen molar-refractivity contribution in [3.05, 3.63) is 47.8 Å². The van der Waals surface area contributed by atoms with Crippen LogP contribution in [0.4, 0.5) is 0 Å². The third-order valence-electron chi connectivity index (χ3n) is 5.72. The molecule has 0 aliphatic carbocycles. The molecule has 1 aliphatic heterocycles. The van der Waals surface area contributed by atoms with E-state index in [0.29, 0.717) is 5.92 Å². The fourth-order valence-corrected chi connectivity index (χ4v) is 4.34. The summed E-state index contributed by atoms with van der Waals surface area (Å²) in [5.74, 6) is 0.671. The van der Waals surface area contributed by atoms with Crippen LogP contribution < -0.4 is 5.32 Å². The lowest BCUT2D eigenvalue weighted by Crippen LogP contribution is -2.26. The number of benzene rings is 1. The second-order valence-electron chi connectivity index (χ2n) is 7.15. The summed E-state index contributed by atoms with van der Waals surface area (Å²) in [6.45, 7) is 4.48. The number of rotatable bonds is 3. The van der Waals surface area contributed by atoms with Crippen LogP contribution in [0.3, 0.4) is 0 Å². The Morgan fingerprint density at radius 2 is 2.00 bits per heavy atom. The molecule has 3 N–H and O–H groups in total. The fourth-order valence-electron chi connectivity index (χ4n) is 4.34. The van der Waals surface area contributed by atoms with Crippen LogP contribution in [-0.4, -0.2) is 33.3 Å². The molecule has 1 aromatic carbocycles. The molecular formula is C21H23N5. The van der Waals surface area contributed by atoms with Gasteiger partial charge in [0.05, 0.1) is 11.9 Å². The molecule has 0 unspecified atom stereocenters. The van der Waals surface area contributed by atoms with Crippen LogP contribution in [0.2, 0.25) is 0 Å². The van der Waals surface area contributed by atoms with Gasteiger partial charge in [0.2, 0.25) is 0 Å². The van der Waals surface area contributed by atoms with E-state index in [0.717, 1.165) is 30.5 Å². The zero-order chi connectivity index (χ0) is 17.5. The van der Waals surface area contributed by atoms with Gasteiger partial charge in [0, 0.05) is 28.0 Å². The highest BCUT2D eigenvalue weighted by Crippen LogP contribution is 2.36. The van der Waals surface area contributed by atoms with Gasteiger partial charge in [-0.1, -0.05) is 13.0 Å². The number of pyridine rings is 1. The van der Waals surface area contributed by atoms with Gasteiger partial charge in [-0.05, 0) is 67.6 Å². The van der Waals surface area contributed by atoms with E-state index in [-0.39, 0.29) is 0 Å². The highest BCUT2D eigenvalue weighted by molar-refractivity contribution is 5.98. The lowest BCUT2D eigenvalue weighted by molar-refractivity contribution is 0.460. The summed E-state index contributed by atoms with van der Waals surface area (Å²) >= 11 is 0. The van der Waals surface area contributed by atoms with Crippen molar-refractivity contribution in [2.75, 3.05) is 13.1 Å². The van der Waals surface area contributed by atoms with Crippen molar-refractivity contribution in [2.45, 2.75) is 32.1 Å². The number of aryl methyl sites for hydroxylation is 1. The minimum Gasteiger partial charge on any atom is -0.354 e. The van der Waals surface area contributed by atoms with E-state index >= 15 is 0 Å². The van der Waals surface area contributed by atoms with Gasteiger partial charge in [-0.15, -0.1) is 0 Å². The first-order valence-electron chi connectivity index (χ1n) is 9.49. The molecule has 1 fully saturated rings. The van der Waals surface area contributed by atoms with Gasteiger partial charge in [0.1, 0.15) is 0 Å². The van der Waals surface area contributed by atoms with Crippen molar-refractivity contribution in [3.63, 3.8) is 0 Å². The highest BCUT2D eigenvalue weighted by Gasteiger charge is 2.19. The van der Waals surface area contributed by atoms with E-state index < -0.39 is 0 Å². The molecule has 5 heteroatoms. The summed E-state index contributed by atoms with van der Waals surface area (Å²) in [4.78, 5) is 8.04. The molecule has 26 heavy (non-hydrogen) atoms. The molecule has 4 heterocycles. The molecule has 5 rings (SSSR count). The first-order valence-corrected chi connectivity index (χ1v) is 9.49. The summed E-state index contributed by atoms with van der Waals surface area (Å²) in [7, 11) is 0. The maximum atomic E-state index is 4.37. The molecule has 0 saturated carbocycles. The monoisotopic (exact) mass is 345 g/mol. The van der Waals surface area contributed by atoms with Crippen LogP contribution in [0, 0.1) is 0 Å². The molecular weight excluding hydrogens is 322 g/mol. The summed E-state index contributed by atoms with van der Waals surface area (Å²) in [5, 5.41) is 13.0. The summed E-state index contributed by atoms with van der Waals surface area (Å²) in [5.41, 5.74) is 7.26. The number of fused-ring (bicyclic) bond motifs is 2. The van der Waals surface area contributed by atoms with Crippen molar-refractivity contribution in [1.82, 2.24) is 25.5 Å². The normalized spacial score (nSPS) is 15.9. The van der Waals surface area contributed by atoms with Gasteiger partial charge in [0.25, 0.3) is 0 Å². The Kier molecular flexibility index (Phi) is 3.75. The summed E-state index contributed by atoms with van der Waals surface area (Å²) in [6.07, 6.45) is 7.16. The van der Waals surface area contributed by atoms with E-state index in [1.807, 2.05) is 12.4 Å². The van der Waals surface area contributed by atoms with Crippen LogP contribution in [0.1, 0.15) is 36.8 Å². The second-order valence-corrected chi connectivity index (χ2v) is 7.15. The SMILES string of the molecule is CCc1c(-c2ccnc3[nH]ncc23)[nH]c2ccc(C3CCNCC3)cc12. The maximum absolute atomic E-state index is 4.37. The van der Waals surface area contributed by atoms with E-state index in [2.05, 4.69) is 56.7 Å². The van der Waals surface area contributed by atoms with E-state index in [9.17, 15) is 0 Å². The number of H-pyrrole nitrogens is 2. The van der Waals surface area contributed by atoms with Gasteiger partial charge in [-0.2, -0.15) is 5.10 Å². The maximum Gasteiger partial charge on any atom is 0.155 e. The zero-order valence-corrected chi connectivity index (χ0v) is 15.0. The fraction of sp³-hybridized carbons (Fsp3) is 0.333. The molecule has 0 spiro atoms. The van der Waals surface area contributed by atoms with Gasteiger partial charge < -0.3 is 10.3 Å². The van der Waals surface area contributed by atoms with Crippen LogP contribution in [0.15, 0.2) is 36.7 Å². The van der Waals surface area contributed by atoms with Gasteiger partial charge >= 0.3 is 0 Å². The van der Waals surface area contributed by atoms with Crippen LogP contribution in [-0.2, 0) is 6.42 Å². The van der Waals surface area contributed by atoms with Crippen molar-refractivity contribution in [2.24, 2.45) is 0 Å². The largest absolute Gasteiger partial charge is 0.354 e. The predicted octanol–water partition coefficient (Wildman–Crippen LogP) is 4.14. The number of piperidine rings is 1. The van der Waals surface area contributed by atoms with Crippen molar-refractivity contribution in [1.29, 1.82) is 0 Å². The smallest absolute Gasteiger partial charge is 0.155 e. The van der Waals surface area contributed by atoms with Crippen molar-refractivity contribution < 1.29 is 0 Å². The van der Waals surface area contributed by atoms with Gasteiger partial charge in [-0.3, -0.25) is 5.10 Å². The molecule has 0 amide bonds.